The third-order valence-corrected chi connectivity index (χ3v) is 2.49. The van der Waals surface area contributed by atoms with Crippen LogP contribution in [0.2, 0.25) is 0 Å². The van der Waals surface area contributed by atoms with Crippen LogP contribution < -0.4 is 0 Å². The number of hydrogen-bond donors (Lipinski definition) is 0. The lowest BCUT2D eigenvalue weighted by Crippen LogP contribution is -1.71. The van der Waals surface area contributed by atoms with Gasteiger partial charge in [0.05, 0.1) is 19.3 Å². The molecule has 105 valence electrons. The lowest BCUT2D eigenvalue weighted by molar-refractivity contribution is 0.737. The van der Waals surface area contributed by atoms with Gasteiger partial charge < -0.3 is 0 Å². The van der Waals surface area contributed by atoms with Gasteiger partial charge in [-0.25, -0.2) is 0 Å². The molecule has 0 aliphatic rings. The van der Waals surface area contributed by atoms with Crippen molar-refractivity contribution in [2.24, 2.45) is 0 Å². The Labute approximate surface area is 126 Å². The fourth-order valence-corrected chi connectivity index (χ4v) is 1.36. The van der Waals surface area contributed by atoms with Gasteiger partial charge in [0.1, 0.15) is 0 Å². The highest BCUT2D eigenvalue weighted by molar-refractivity contribution is 5.18. The standard InChI is InChI=1S/C20H25/c1-3-5-7-9-11-13-15-17-19-20-18-16-14-12-10-8-6-4-2/h1,3-8,10,13,16,19H2,2H3. The second-order valence-electron chi connectivity index (χ2n) is 4.36. The normalized spacial score (nSPS) is 7.90. The summed E-state index contributed by atoms with van der Waals surface area (Å²) < 4.78 is 0. The molecule has 1 radical (unpaired) electrons. The van der Waals surface area contributed by atoms with Crippen LogP contribution in [-0.4, -0.2) is 0 Å². The molecule has 0 aliphatic carbocycles. The molecule has 0 amide bonds. The molecule has 0 aromatic heterocycles. The third-order valence-electron chi connectivity index (χ3n) is 2.49. The Bertz CT molecular complexity index is 451. The molecular formula is C20H25. The van der Waals surface area contributed by atoms with Crippen LogP contribution >= 0.6 is 0 Å². The zero-order chi connectivity index (χ0) is 14.7. The first kappa shape index (κ1) is 18.2. The van der Waals surface area contributed by atoms with Crippen molar-refractivity contribution >= 4 is 0 Å². The Kier molecular flexibility index (Phi) is 15.7. The van der Waals surface area contributed by atoms with Crippen molar-refractivity contribution in [3.05, 3.63) is 6.92 Å². The molecule has 0 rings (SSSR count). The van der Waals surface area contributed by atoms with Crippen molar-refractivity contribution in [1.82, 2.24) is 0 Å². The van der Waals surface area contributed by atoms with Gasteiger partial charge in [-0.1, -0.05) is 68.6 Å². The lowest BCUT2D eigenvalue weighted by Gasteiger charge is -1.87. The zero-order valence-electron chi connectivity index (χ0n) is 12.8. The van der Waals surface area contributed by atoms with Crippen LogP contribution in [-0.2, 0) is 0 Å². The second-order valence-corrected chi connectivity index (χ2v) is 4.36. The van der Waals surface area contributed by atoms with E-state index in [-0.39, 0.29) is 0 Å². The molecule has 0 nitrogen and oxygen atoms in total. The summed E-state index contributed by atoms with van der Waals surface area (Å²) in [6.45, 7) is 5.98. The van der Waals surface area contributed by atoms with Crippen LogP contribution in [0.5, 0.6) is 0 Å². The molecule has 0 aromatic rings. The number of unbranched alkanes of at least 4 members (excludes halogenated alkanes) is 5. The molecule has 0 unspecified atom stereocenters. The molecule has 0 N–H and O–H groups in total. The third kappa shape index (κ3) is 16.2. The number of hydrogen-bond acceptors (Lipinski definition) is 0. The first-order valence-corrected chi connectivity index (χ1v) is 7.54. The molecule has 0 fully saturated rings. The smallest absolute Gasteiger partial charge is 0.0703 e. The molecule has 20 heavy (non-hydrogen) atoms. The second kappa shape index (κ2) is 17.2. The quantitative estimate of drug-likeness (QED) is 0.497. The van der Waals surface area contributed by atoms with E-state index in [4.69, 9.17) is 0 Å². The van der Waals surface area contributed by atoms with E-state index in [1.165, 1.54) is 19.3 Å². The first-order chi connectivity index (χ1) is 9.91. The summed E-state index contributed by atoms with van der Waals surface area (Å²) >= 11 is 0. The van der Waals surface area contributed by atoms with E-state index >= 15 is 0 Å². The van der Waals surface area contributed by atoms with Crippen LogP contribution in [0.4, 0.5) is 0 Å². The molecule has 0 saturated carbocycles. The lowest BCUT2D eigenvalue weighted by atomic mass is 10.2. The predicted molar refractivity (Wildman–Crippen MR) is 88.3 cm³/mol. The van der Waals surface area contributed by atoms with Crippen molar-refractivity contribution in [2.75, 3.05) is 0 Å². The van der Waals surface area contributed by atoms with Crippen LogP contribution in [0.1, 0.15) is 71.1 Å². The van der Waals surface area contributed by atoms with Gasteiger partial charge >= 0.3 is 0 Å². The van der Waals surface area contributed by atoms with Gasteiger partial charge in [0.2, 0.25) is 0 Å². The van der Waals surface area contributed by atoms with Crippen molar-refractivity contribution in [2.45, 2.75) is 71.1 Å². The average Bonchev–Trinajstić information content (AvgIpc) is 2.47. The largest absolute Gasteiger partial charge is 0.102 e. The molecule has 0 aromatic carbocycles. The van der Waals surface area contributed by atoms with Gasteiger partial charge in [0, 0.05) is 12.8 Å². The van der Waals surface area contributed by atoms with E-state index in [1.54, 1.807) is 0 Å². The monoisotopic (exact) mass is 265 g/mol. The molecule has 0 heterocycles. The van der Waals surface area contributed by atoms with E-state index in [9.17, 15) is 0 Å². The van der Waals surface area contributed by atoms with Crippen LogP contribution in [0, 0.1) is 54.3 Å². The number of rotatable bonds is 5. The molecule has 0 heteroatoms. The van der Waals surface area contributed by atoms with Gasteiger partial charge in [-0.15, -0.1) is 11.8 Å². The van der Waals surface area contributed by atoms with Gasteiger partial charge in [-0.05, 0) is 12.8 Å². The maximum absolute atomic E-state index is 3.77. The highest BCUT2D eigenvalue weighted by atomic mass is 13.8. The summed E-state index contributed by atoms with van der Waals surface area (Å²) in [5, 5.41) is 0. The van der Waals surface area contributed by atoms with Crippen LogP contribution in [0.3, 0.4) is 0 Å². The summed E-state index contributed by atoms with van der Waals surface area (Å²) in [5.41, 5.74) is 0. The van der Waals surface area contributed by atoms with Crippen molar-refractivity contribution < 1.29 is 0 Å². The highest BCUT2D eigenvalue weighted by Crippen LogP contribution is 1.96. The van der Waals surface area contributed by atoms with Gasteiger partial charge in [0.15, 0.2) is 0 Å². The molecular weight excluding hydrogens is 240 g/mol. The van der Waals surface area contributed by atoms with Crippen molar-refractivity contribution in [3.8, 4) is 47.4 Å². The van der Waals surface area contributed by atoms with Gasteiger partial charge in [-0.2, -0.15) is 0 Å². The van der Waals surface area contributed by atoms with Gasteiger partial charge in [0.25, 0.3) is 0 Å². The molecule has 0 bridgehead atoms. The Hall–Kier alpha value is -1.76. The predicted octanol–water partition coefficient (Wildman–Crippen LogP) is 4.75. The maximum atomic E-state index is 3.77. The minimum Gasteiger partial charge on any atom is -0.102 e. The molecule has 0 saturated heterocycles. The van der Waals surface area contributed by atoms with Crippen molar-refractivity contribution in [1.29, 1.82) is 0 Å². The summed E-state index contributed by atoms with van der Waals surface area (Å²) in [6, 6.07) is 0. The fourth-order valence-electron chi connectivity index (χ4n) is 1.36. The fraction of sp³-hybridized carbons (Fsp3) is 0.550. The van der Waals surface area contributed by atoms with E-state index in [0.29, 0.717) is 19.3 Å². The summed E-state index contributed by atoms with van der Waals surface area (Å²) in [4.78, 5) is 0. The van der Waals surface area contributed by atoms with E-state index < -0.39 is 0 Å². The topological polar surface area (TPSA) is 0 Å². The Morgan fingerprint density at radius 2 is 1.05 bits per heavy atom. The summed E-state index contributed by atoms with van der Waals surface area (Å²) in [7, 11) is 0. The van der Waals surface area contributed by atoms with Crippen LogP contribution in [0.15, 0.2) is 0 Å². The van der Waals surface area contributed by atoms with E-state index in [0.717, 1.165) is 25.7 Å². The zero-order valence-corrected chi connectivity index (χ0v) is 12.8. The van der Waals surface area contributed by atoms with Gasteiger partial charge in [-0.3, -0.25) is 0 Å². The van der Waals surface area contributed by atoms with E-state index in [1.807, 2.05) is 0 Å². The average molecular weight is 265 g/mol. The first-order valence-electron chi connectivity index (χ1n) is 7.54. The summed E-state index contributed by atoms with van der Waals surface area (Å²) in [5.74, 6) is 24.4. The Balaban J connectivity index is 3.55. The van der Waals surface area contributed by atoms with E-state index in [2.05, 4.69) is 61.2 Å². The Morgan fingerprint density at radius 1 is 0.600 bits per heavy atom. The minimum absolute atomic E-state index is 0.623. The Morgan fingerprint density at radius 3 is 1.50 bits per heavy atom. The van der Waals surface area contributed by atoms with Crippen LogP contribution in [0.25, 0.3) is 0 Å². The molecule has 0 atom stereocenters. The SMILES string of the molecule is [CH2]CCCC#CCC#CCC#CCC#CCCCCC. The molecule has 0 aliphatic heterocycles. The highest BCUT2D eigenvalue weighted by Gasteiger charge is 1.79. The summed E-state index contributed by atoms with van der Waals surface area (Å²) in [6.07, 6.45) is 9.63. The minimum atomic E-state index is 0.623. The van der Waals surface area contributed by atoms with Crippen molar-refractivity contribution in [3.63, 3.8) is 0 Å². The molecule has 0 spiro atoms. The maximum Gasteiger partial charge on any atom is 0.0703 e.